The lowest BCUT2D eigenvalue weighted by Crippen LogP contribution is -2.37. The van der Waals surface area contributed by atoms with E-state index >= 15 is 0 Å². The maximum atomic E-state index is 8.50. The molecule has 0 aromatic heterocycles. The molecular weight excluding hydrogens is 136 g/mol. The van der Waals surface area contributed by atoms with Gasteiger partial charge in [-0.15, -0.1) is 6.58 Å². The van der Waals surface area contributed by atoms with Crippen molar-refractivity contribution in [2.24, 2.45) is 0 Å². The first-order valence-corrected chi connectivity index (χ1v) is 3.88. The van der Waals surface area contributed by atoms with E-state index in [-0.39, 0.29) is 6.04 Å². The number of nitrogens with zero attached hydrogens (tertiary/aromatic N) is 2. The van der Waals surface area contributed by atoms with Gasteiger partial charge in [-0.25, -0.2) is 0 Å². The minimum Gasteiger partial charge on any atom is -0.282 e. The Kier molecular flexibility index (Phi) is 4.56. The summed E-state index contributed by atoms with van der Waals surface area (Å²) in [5, 5.41) is 8.50. The predicted molar refractivity (Wildman–Crippen MR) is 47.1 cm³/mol. The third-order valence-electron chi connectivity index (χ3n) is 1.78. The van der Waals surface area contributed by atoms with Crippen LogP contribution in [0.2, 0.25) is 0 Å². The van der Waals surface area contributed by atoms with E-state index in [4.69, 9.17) is 5.26 Å². The third-order valence-corrected chi connectivity index (χ3v) is 1.78. The molecule has 0 N–H and O–H groups in total. The zero-order chi connectivity index (χ0) is 8.85. The molecule has 0 amide bonds. The van der Waals surface area contributed by atoms with E-state index in [9.17, 15) is 0 Å². The monoisotopic (exact) mass is 152 g/mol. The Morgan fingerprint density at radius 1 is 1.55 bits per heavy atom. The van der Waals surface area contributed by atoms with Crippen molar-refractivity contribution in [3.63, 3.8) is 0 Å². The summed E-state index contributed by atoms with van der Waals surface area (Å²) in [4.78, 5) is 2.09. The van der Waals surface area contributed by atoms with Gasteiger partial charge in [-0.1, -0.05) is 6.08 Å². The van der Waals surface area contributed by atoms with Crippen LogP contribution in [0.4, 0.5) is 0 Å². The van der Waals surface area contributed by atoms with Crippen LogP contribution >= 0.6 is 0 Å². The van der Waals surface area contributed by atoms with Crippen molar-refractivity contribution in [2.75, 3.05) is 6.54 Å². The van der Waals surface area contributed by atoms with E-state index in [0.717, 1.165) is 0 Å². The molecule has 0 aromatic carbocycles. The fraction of sp³-hybridized carbons (Fsp3) is 0.667. The molecule has 0 aliphatic heterocycles. The van der Waals surface area contributed by atoms with Crippen LogP contribution in [0.1, 0.15) is 20.8 Å². The Balaban J connectivity index is 4.10. The van der Waals surface area contributed by atoms with Crippen molar-refractivity contribution < 1.29 is 0 Å². The summed E-state index contributed by atoms with van der Waals surface area (Å²) in [5.41, 5.74) is 0. The van der Waals surface area contributed by atoms with Crippen LogP contribution in [-0.4, -0.2) is 23.5 Å². The van der Waals surface area contributed by atoms with Gasteiger partial charge in [0.05, 0.1) is 12.6 Å². The highest BCUT2D eigenvalue weighted by Crippen LogP contribution is 2.04. The zero-order valence-corrected chi connectivity index (χ0v) is 7.54. The highest BCUT2D eigenvalue weighted by Gasteiger charge is 2.12. The summed E-state index contributed by atoms with van der Waals surface area (Å²) in [7, 11) is 0. The first kappa shape index (κ1) is 10.2. The standard InChI is InChI=1S/C9H16N2/c1-5-9(4)11(7-6-10)8(2)3/h5,8-9H,1,7H2,2-4H3. The Labute approximate surface area is 69.1 Å². The van der Waals surface area contributed by atoms with Gasteiger partial charge in [0.15, 0.2) is 0 Å². The van der Waals surface area contributed by atoms with Crippen LogP contribution in [0.5, 0.6) is 0 Å². The van der Waals surface area contributed by atoms with Crippen LogP contribution in [0.3, 0.4) is 0 Å². The SMILES string of the molecule is C=CC(C)N(CC#N)C(C)C. The fourth-order valence-corrected chi connectivity index (χ4v) is 1.01. The molecular formula is C9H16N2. The van der Waals surface area contributed by atoms with Gasteiger partial charge in [0.1, 0.15) is 0 Å². The van der Waals surface area contributed by atoms with Crippen molar-refractivity contribution in [3.05, 3.63) is 12.7 Å². The first-order chi connectivity index (χ1) is 5.13. The predicted octanol–water partition coefficient (Wildman–Crippen LogP) is 1.79. The summed E-state index contributed by atoms with van der Waals surface area (Å²) in [6, 6.07) is 2.83. The molecule has 11 heavy (non-hydrogen) atoms. The summed E-state index contributed by atoms with van der Waals surface area (Å²) in [6.45, 7) is 10.4. The molecule has 0 spiro atoms. The van der Waals surface area contributed by atoms with Crippen LogP contribution in [0.25, 0.3) is 0 Å². The Morgan fingerprint density at radius 2 is 2.09 bits per heavy atom. The van der Waals surface area contributed by atoms with Crippen LogP contribution in [0.15, 0.2) is 12.7 Å². The lowest BCUT2D eigenvalue weighted by molar-refractivity contribution is 0.217. The van der Waals surface area contributed by atoms with Crippen molar-refractivity contribution in [3.8, 4) is 6.07 Å². The van der Waals surface area contributed by atoms with Gasteiger partial charge >= 0.3 is 0 Å². The van der Waals surface area contributed by atoms with E-state index in [1.54, 1.807) is 0 Å². The largest absolute Gasteiger partial charge is 0.282 e. The maximum absolute atomic E-state index is 8.50. The Morgan fingerprint density at radius 3 is 2.36 bits per heavy atom. The van der Waals surface area contributed by atoms with Gasteiger partial charge in [-0.2, -0.15) is 5.26 Å². The van der Waals surface area contributed by atoms with Crippen molar-refractivity contribution in [2.45, 2.75) is 32.9 Å². The van der Waals surface area contributed by atoms with Crippen molar-refractivity contribution in [1.29, 1.82) is 5.26 Å². The lowest BCUT2D eigenvalue weighted by Gasteiger charge is -2.27. The van der Waals surface area contributed by atoms with Crippen LogP contribution < -0.4 is 0 Å². The topological polar surface area (TPSA) is 27.0 Å². The van der Waals surface area contributed by atoms with Gasteiger partial charge in [0.2, 0.25) is 0 Å². The summed E-state index contributed by atoms with van der Waals surface area (Å²) in [6.07, 6.45) is 1.86. The highest BCUT2D eigenvalue weighted by atomic mass is 15.2. The molecule has 0 heterocycles. The van der Waals surface area contributed by atoms with Crippen molar-refractivity contribution >= 4 is 0 Å². The second-order valence-corrected chi connectivity index (χ2v) is 2.90. The van der Waals surface area contributed by atoms with E-state index in [2.05, 4.69) is 31.4 Å². The number of hydrogen-bond acceptors (Lipinski definition) is 2. The van der Waals surface area contributed by atoms with Crippen LogP contribution in [-0.2, 0) is 0 Å². The second-order valence-electron chi connectivity index (χ2n) is 2.90. The molecule has 0 radical (unpaired) electrons. The van der Waals surface area contributed by atoms with Gasteiger partial charge < -0.3 is 0 Å². The molecule has 2 nitrogen and oxygen atoms in total. The van der Waals surface area contributed by atoms with E-state index in [1.807, 2.05) is 13.0 Å². The maximum Gasteiger partial charge on any atom is 0.0872 e. The van der Waals surface area contributed by atoms with E-state index in [1.165, 1.54) is 0 Å². The molecule has 1 atom stereocenters. The summed E-state index contributed by atoms with van der Waals surface area (Å²) < 4.78 is 0. The number of nitriles is 1. The van der Waals surface area contributed by atoms with Gasteiger partial charge in [0.25, 0.3) is 0 Å². The molecule has 0 saturated carbocycles. The molecule has 62 valence electrons. The molecule has 0 fully saturated rings. The Bertz CT molecular complexity index is 155. The molecule has 0 rings (SSSR count). The molecule has 0 aromatic rings. The smallest absolute Gasteiger partial charge is 0.0872 e. The second kappa shape index (κ2) is 4.92. The molecule has 1 unspecified atom stereocenters. The molecule has 0 aliphatic rings. The molecule has 0 aliphatic carbocycles. The average Bonchev–Trinajstić information content (AvgIpc) is 1.98. The third kappa shape index (κ3) is 3.20. The van der Waals surface area contributed by atoms with Gasteiger partial charge in [-0.05, 0) is 20.8 Å². The molecule has 0 bridgehead atoms. The average molecular weight is 152 g/mol. The molecule has 2 heteroatoms. The molecule has 0 saturated heterocycles. The quantitative estimate of drug-likeness (QED) is 0.453. The Hall–Kier alpha value is -0.810. The minimum atomic E-state index is 0.287. The van der Waals surface area contributed by atoms with Crippen LogP contribution in [0, 0.1) is 11.3 Å². The van der Waals surface area contributed by atoms with Gasteiger partial charge in [-0.3, -0.25) is 4.90 Å². The van der Waals surface area contributed by atoms with E-state index in [0.29, 0.717) is 12.6 Å². The van der Waals surface area contributed by atoms with Crippen molar-refractivity contribution in [1.82, 2.24) is 4.90 Å². The fourth-order valence-electron chi connectivity index (χ4n) is 1.01. The summed E-state index contributed by atoms with van der Waals surface area (Å²) in [5.74, 6) is 0. The number of rotatable bonds is 4. The van der Waals surface area contributed by atoms with Gasteiger partial charge in [0, 0.05) is 12.1 Å². The lowest BCUT2D eigenvalue weighted by atomic mass is 10.2. The normalized spacial score (nSPS) is 13.1. The zero-order valence-electron chi connectivity index (χ0n) is 7.54. The summed E-state index contributed by atoms with van der Waals surface area (Å²) >= 11 is 0. The highest BCUT2D eigenvalue weighted by molar-refractivity contribution is 4.90. The van der Waals surface area contributed by atoms with E-state index < -0.39 is 0 Å². The first-order valence-electron chi connectivity index (χ1n) is 3.88. The minimum absolute atomic E-state index is 0.287. The number of hydrogen-bond donors (Lipinski definition) is 0.